The second-order valence-corrected chi connectivity index (χ2v) is 7.92. The molecular weight excluding hydrogens is 364 g/mol. The highest BCUT2D eigenvalue weighted by Gasteiger charge is 2.30. The lowest BCUT2D eigenvalue weighted by Crippen LogP contribution is -2.29. The molecule has 0 spiro atoms. The second kappa shape index (κ2) is 6.62. The molecule has 7 heteroatoms. The molecule has 1 unspecified atom stereocenters. The van der Waals surface area contributed by atoms with Gasteiger partial charge in [-0.15, -0.1) is 0 Å². The molecule has 7 nitrogen and oxygen atoms in total. The fourth-order valence-electron chi connectivity index (χ4n) is 4.30. The average Bonchev–Trinajstić information content (AvgIpc) is 3.42. The molecule has 148 valence electrons. The van der Waals surface area contributed by atoms with Gasteiger partial charge in [-0.05, 0) is 43.7 Å². The van der Waals surface area contributed by atoms with E-state index in [4.69, 9.17) is 0 Å². The van der Waals surface area contributed by atoms with Crippen molar-refractivity contribution < 1.29 is 4.79 Å². The molecular formula is C22H24N6O. The van der Waals surface area contributed by atoms with Crippen molar-refractivity contribution in [2.24, 2.45) is 0 Å². The minimum atomic E-state index is 0.0464. The second-order valence-electron chi connectivity index (χ2n) is 7.92. The maximum atomic E-state index is 13.1. The molecule has 1 N–H and O–H groups in total. The molecule has 5 rings (SSSR count). The number of aromatic amines is 1. The molecule has 0 bridgehead atoms. The monoisotopic (exact) mass is 388 g/mol. The van der Waals surface area contributed by atoms with Crippen LogP contribution in [0.25, 0.3) is 22.1 Å². The van der Waals surface area contributed by atoms with Crippen molar-refractivity contribution >= 4 is 33.7 Å². The van der Waals surface area contributed by atoms with E-state index in [1.165, 1.54) is 0 Å². The van der Waals surface area contributed by atoms with Crippen LogP contribution in [0.5, 0.6) is 0 Å². The smallest absolute Gasteiger partial charge is 0.270 e. The summed E-state index contributed by atoms with van der Waals surface area (Å²) in [5.41, 5.74) is 4.53. The van der Waals surface area contributed by atoms with Crippen LogP contribution in [0.2, 0.25) is 0 Å². The number of nitrogens with one attached hydrogen (secondary N) is 1. The summed E-state index contributed by atoms with van der Waals surface area (Å²) in [4.78, 5) is 29.6. The van der Waals surface area contributed by atoms with Gasteiger partial charge < -0.3 is 19.4 Å². The zero-order valence-corrected chi connectivity index (χ0v) is 16.9. The number of fused-ring (bicyclic) bond motifs is 2. The van der Waals surface area contributed by atoms with Crippen molar-refractivity contribution in [2.75, 3.05) is 32.1 Å². The predicted octanol–water partition coefficient (Wildman–Crippen LogP) is 3.37. The zero-order chi connectivity index (χ0) is 20.1. The molecule has 1 aliphatic heterocycles. The number of pyridine rings is 1. The quantitative estimate of drug-likeness (QED) is 0.584. The van der Waals surface area contributed by atoms with E-state index < -0.39 is 0 Å². The van der Waals surface area contributed by atoms with Gasteiger partial charge in [0.05, 0.1) is 6.04 Å². The van der Waals surface area contributed by atoms with Gasteiger partial charge in [0, 0.05) is 50.0 Å². The Hall–Kier alpha value is -3.35. The molecule has 0 saturated carbocycles. The summed E-state index contributed by atoms with van der Waals surface area (Å²) in [7, 11) is 4.02. The molecule has 1 aliphatic rings. The topological polar surface area (TPSA) is 70.1 Å². The van der Waals surface area contributed by atoms with Crippen LogP contribution in [0.3, 0.4) is 0 Å². The number of benzene rings is 1. The first-order valence-corrected chi connectivity index (χ1v) is 9.90. The van der Waals surface area contributed by atoms with E-state index >= 15 is 0 Å². The Balaban J connectivity index is 1.40. The average molecular weight is 388 g/mol. The van der Waals surface area contributed by atoms with Crippen LogP contribution in [0, 0.1) is 6.92 Å². The number of carbonyl (C=O) groups excluding carboxylic acids is 1. The number of rotatable bonds is 3. The van der Waals surface area contributed by atoms with Gasteiger partial charge in [-0.2, -0.15) is 0 Å². The van der Waals surface area contributed by atoms with Crippen molar-refractivity contribution in [1.82, 2.24) is 24.4 Å². The number of nitrogens with zero attached hydrogens (tertiary/aromatic N) is 5. The maximum Gasteiger partial charge on any atom is 0.270 e. The van der Waals surface area contributed by atoms with Crippen LogP contribution in [0.4, 0.5) is 5.69 Å². The Kier molecular flexibility index (Phi) is 4.04. The van der Waals surface area contributed by atoms with Crippen LogP contribution < -0.4 is 4.90 Å². The van der Waals surface area contributed by atoms with Crippen LogP contribution in [-0.2, 0) is 0 Å². The van der Waals surface area contributed by atoms with Gasteiger partial charge in [0.1, 0.15) is 17.0 Å². The first kappa shape index (κ1) is 17.7. The first-order chi connectivity index (χ1) is 14.0. The zero-order valence-electron chi connectivity index (χ0n) is 16.9. The molecule has 1 atom stereocenters. The number of hydrogen-bond acceptors (Lipinski definition) is 4. The number of H-pyrrole nitrogens is 1. The molecule has 0 aliphatic carbocycles. The molecule has 1 fully saturated rings. The molecule has 1 aromatic carbocycles. The standard InChI is InChI=1S/C22H24N6O/c1-14-24-18-5-4-9-23-21(18)28(14)17-8-10-27(13-17)22(29)20-11-15-6-7-16(26(2)3)12-19(15)25-20/h4-7,9,11-12,17,25H,8,10,13H2,1-3H3. The van der Waals surface area contributed by atoms with Gasteiger partial charge in [0.2, 0.25) is 0 Å². The Morgan fingerprint density at radius 2 is 2.10 bits per heavy atom. The minimum absolute atomic E-state index is 0.0464. The Labute approximate surface area is 169 Å². The molecule has 0 radical (unpaired) electrons. The lowest BCUT2D eigenvalue weighted by atomic mass is 10.2. The summed E-state index contributed by atoms with van der Waals surface area (Å²) in [5.74, 6) is 0.991. The van der Waals surface area contributed by atoms with Crippen molar-refractivity contribution in [3.63, 3.8) is 0 Å². The SMILES string of the molecule is Cc1nc2cccnc2n1C1CCN(C(=O)c2cc3ccc(N(C)C)cc3[nH]2)C1. The fraction of sp³-hybridized carbons (Fsp3) is 0.318. The summed E-state index contributed by atoms with van der Waals surface area (Å²) in [5, 5.41) is 1.05. The summed E-state index contributed by atoms with van der Waals surface area (Å²) >= 11 is 0. The van der Waals surface area contributed by atoms with Crippen molar-refractivity contribution in [3.8, 4) is 0 Å². The first-order valence-electron chi connectivity index (χ1n) is 9.90. The van der Waals surface area contributed by atoms with Crippen LogP contribution in [0.15, 0.2) is 42.6 Å². The molecule has 1 amide bonds. The number of amides is 1. The third-order valence-electron chi connectivity index (χ3n) is 5.79. The summed E-state index contributed by atoms with van der Waals surface area (Å²) in [6.45, 7) is 3.40. The number of imidazole rings is 1. The number of carbonyl (C=O) groups is 1. The maximum absolute atomic E-state index is 13.1. The molecule has 4 aromatic rings. The minimum Gasteiger partial charge on any atom is -0.378 e. The number of hydrogen-bond donors (Lipinski definition) is 1. The molecule has 1 saturated heterocycles. The van der Waals surface area contributed by atoms with E-state index in [0.29, 0.717) is 12.2 Å². The van der Waals surface area contributed by atoms with E-state index in [1.807, 2.05) is 44.1 Å². The largest absolute Gasteiger partial charge is 0.378 e. The third kappa shape index (κ3) is 2.93. The van der Waals surface area contributed by atoms with E-state index in [0.717, 1.165) is 46.5 Å². The van der Waals surface area contributed by atoms with Gasteiger partial charge in [-0.1, -0.05) is 6.07 Å². The normalized spacial score (nSPS) is 16.8. The van der Waals surface area contributed by atoms with Gasteiger partial charge in [0.15, 0.2) is 5.65 Å². The molecule has 29 heavy (non-hydrogen) atoms. The van der Waals surface area contributed by atoms with Gasteiger partial charge in [0.25, 0.3) is 5.91 Å². The van der Waals surface area contributed by atoms with Gasteiger partial charge in [-0.3, -0.25) is 4.79 Å². The van der Waals surface area contributed by atoms with Gasteiger partial charge in [-0.25, -0.2) is 9.97 Å². The lowest BCUT2D eigenvalue weighted by Gasteiger charge is -2.17. The fourth-order valence-corrected chi connectivity index (χ4v) is 4.30. The van der Waals surface area contributed by atoms with E-state index in [9.17, 15) is 4.79 Å². The van der Waals surface area contributed by atoms with E-state index in [1.54, 1.807) is 6.20 Å². The van der Waals surface area contributed by atoms with Crippen LogP contribution >= 0.6 is 0 Å². The molecule has 3 aromatic heterocycles. The summed E-state index contributed by atoms with van der Waals surface area (Å²) in [6.07, 6.45) is 2.70. The lowest BCUT2D eigenvalue weighted by molar-refractivity contribution is 0.0783. The highest BCUT2D eigenvalue weighted by atomic mass is 16.2. The Morgan fingerprint density at radius 1 is 1.24 bits per heavy atom. The Morgan fingerprint density at radius 3 is 2.93 bits per heavy atom. The Bertz CT molecular complexity index is 1220. The van der Waals surface area contributed by atoms with Crippen molar-refractivity contribution in [1.29, 1.82) is 0 Å². The summed E-state index contributed by atoms with van der Waals surface area (Å²) in [6, 6.07) is 12.2. The highest BCUT2D eigenvalue weighted by Crippen LogP contribution is 2.29. The number of anilines is 1. The van der Waals surface area contributed by atoms with Gasteiger partial charge >= 0.3 is 0 Å². The molecule has 4 heterocycles. The van der Waals surface area contributed by atoms with Crippen molar-refractivity contribution in [2.45, 2.75) is 19.4 Å². The van der Waals surface area contributed by atoms with Crippen LogP contribution in [-0.4, -0.2) is 57.5 Å². The number of aromatic nitrogens is 4. The predicted molar refractivity (Wildman–Crippen MR) is 114 cm³/mol. The summed E-state index contributed by atoms with van der Waals surface area (Å²) < 4.78 is 2.18. The van der Waals surface area contributed by atoms with Crippen molar-refractivity contribution in [3.05, 3.63) is 54.1 Å². The third-order valence-corrected chi connectivity index (χ3v) is 5.79. The van der Waals surface area contributed by atoms with E-state index in [2.05, 4.69) is 42.6 Å². The van der Waals surface area contributed by atoms with E-state index in [-0.39, 0.29) is 11.9 Å². The van der Waals surface area contributed by atoms with Crippen LogP contribution in [0.1, 0.15) is 28.8 Å². The highest BCUT2D eigenvalue weighted by molar-refractivity contribution is 5.98. The number of likely N-dealkylation sites (tertiary alicyclic amines) is 1. The number of aryl methyl sites for hydroxylation is 1.